The van der Waals surface area contributed by atoms with Gasteiger partial charge in [0.25, 0.3) is 0 Å². The van der Waals surface area contributed by atoms with E-state index < -0.39 is 11.7 Å². The van der Waals surface area contributed by atoms with E-state index in [0.29, 0.717) is 78.9 Å². The number of rotatable bonds is 8. The molecule has 0 fully saturated rings. The number of hydrogen-bond acceptors (Lipinski definition) is 7. The maximum absolute atomic E-state index is 15.4. The van der Waals surface area contributed by atoms with E-state index in [1.165, 1.54) is 18.2 Å². The zero-order valence-corrected chi connectivity index (χ0v) is 41.9. The molecule has 80 heavy (non-hydrogen) atoms. The van der Waals surface area contributed by atoms with E-state index in [9.17, 15) is 21.0 Å². The fourth-order valence-corrected chi connectivity index (χ4v) is 10.8. The van der Waals surface area contributed by atoms with Gasteiger partial charge in [-0.15, -0.1) is 0 Å². The Bertz CT molecular complexity index is 4750. The van der Waals surface area contributed by atoms with Gasteiger partial charge in [0, 0.05) is 49.4 Å². The molecule has 13 aromatic rings. The van der Waals surface area contributed by atoms with Crippen molar-refractivity contribution < 1.29 is 13.2 Å². The molecule has 9 nitrogen and oxygen atoms in total. The fraction of sp³-hybridized carbons (Fsp3) is 0.0147. The standard InChI is InChI=1S/C68H36F3N9/c69-68(70,71)52-22-26-63(79-59-17-9-7-15-53(59)56-33-47(20-24-61(56)79)50-29-41(37-72)27-42(30-50)38-73)58(36-52)55-23-19-49(67-77-65(45-11-3-1-4-12-45)76-66(78-67)46-13-5-2-6-14-46)35-64(55)80-60-18-10-8-16-54(60)57-34-48(21-25-62(57)80)51-31-43(39-74)28-44(32-51)40-75/h1-36H. The van der Waals surface area contributed by atoms with E-state index in [0.717, 1.165) is 66.4 Å². The number of halogens is 3. The van der Waals surface area contributed by atoms with Crippen molar-refractivity contribution in [2.75, 3.05) is 0 Å². The predicted molar refractivity (Wildman–Crippen MR) is 305 cm³/mol. The first-order valence-corrected chi connectivity index (χ1v) is 25.3. The van der Waals surface area contributed by atoms with E-state index in [-0.39, 0.29) is 5.56 Å². The second-order valence-corrected chi connectivity index (χ2v) is 19.2. The van der Waals surface area contributed by atoms with Crippen molar-refractivity contribution in [3.05, 3.63) is 246 Å². The van der Waals surface area contributed by atoms with Crippen molar-refractivity contribution >= 4 is 43.6 Å². The van der Waals surface area contributed by atoms with Crippen molar-refractivity contribution in [1.29, 1.82) is 21.0 Å². The average Bonchev–Trinajstić information content (AvgIpc) is 3.94. The van der Waals surface area contributed by atoms with E-state index >= 15 is 13.2 Å². The lowest BCUT2D eigenvalue weighted by Gasteiger charge is -2.21. The van der Waals surface area contributed by atoms with Crippen LogP contribution in [0.5, 0.6) is 0 Å². The summed E-state index contributed by atoms with van der Waals surface area (Å²) >= 11 is 0. The zero-order valence-electron chi connectivity index (χ0n) is 41.9. The lowest BCUT2D eigenvalue weighted by Crippen LogP contribution is -2.08. The number of nitriles is 4. The van der Waals surface area contributed by atoms with Crippen LogP contribution in [0.25, 0.3) is 123 Å². The maximum Gasteiger partial charge on any atom is 0.416 e. The van der Waals surface area contributed by atoms with Gasteiger partial charge in [0.15, 0.2) is 17.5 Å². The Labute approximate surface area is 455 Å². The van der Waals surface area contributed by atoms with Crippen molar-refractivity contribution in [3.63, 3.8) is 0 Å². The molecule has 374 valence electrons. The van der Waals surface area contributed by atoms with E-state index in [4.69, 9.17) is 15.0 Å². The second kappa shape index (κ2) is 19.3. The number of aromatic nitrogens is 5. The van der Waals surface area contributed by atoms with Gasteiger partial charge in [0.2, 0.25) is 0 Å². The van der Waals surface area contributed by atoms with Crippen LogP contribution in [0.15, 0.2) is 218 Å². The SMILES string of the molecule is N#Cc1cc(C#N)cc(-c2ccc3c(c2)c2ccccc2n3-c2ccc(C(F)(F)F)cc2-c2ccc(-c3nc(-c4ccccc4)nc(-c4ccccc4)n3)cc2-n2c3ccccc3c3cc(-c4cc(C#N)cc(C#N)c4)ccc32)c1. The molecule has 0 saturated heterocycles. The van der Waals surface area contributed by atoms with Gasteiger partial charge < -0.3 is 9.13 Å². The third-order valence-electron chi connectivity index (χ3n) is 14.4. The minimum atomic E-state index is -4.73. The highest BCUT2D eigenvalue weighted by Crippen LogP contribution is 2.45. The number of benzene rings is 10. The van der Waals surface area contributed by atoms with Crippen molar-refractivity contribution in [1.82, 2.24) is 24.1 Å². The number of para-hydroxylation sites is 2. The van der Waals surface area contributed by atoms with Crippen LogP contribution in [0.4, 0.5) is 13.2 Å². The monoisotopic (exact) mass is 1040 g/mol. The molecule has 0 unspecified atom stereocenters. The van der Waals surface area contributed by atoms with Crippen LogP contribution in [0, 0.1) is 45.3 Å². The Morgan fingerprint density at radius 1 is 0.312 bits per heavy atom. The summed E-state index contributed by atoms with van der Waals surface area (Å²) in [7, 11) is 0. The van der Waals surface area contributed by atoms with Crippen molar-refractivity contribution in [2.24, 2.45) is 0 Å². The molecule has 0 saturated carbocycles. The van der Waals surface area contributed by atoms with Crippen LogP contribution < -0.4 is 0 Å². The minimum Gasteiger partial charge on any atom is -0.309 e. The molecule has 0 radical (unpaired) electrons. The highest BCUT2D eigenvalue weighted by Gasteiger charge is 2.33. The molecule has 0 aliphatic carbocycles. The van der Waals surface area contributed by atoms with Gasteiger partial charge in [0.05, 0.1) is 85.5 Å². The Morgan fingerprint density at radius 2 is 0.725 bits per heavy atom. The molecule has 0 atom stereocenters. The summed E-state index contributed by atoms with van der Waals surface area (Å²) in [5.74, 6) is 1.20. The minimum absolute atomic E-state index is 0.277. The number of nitrogens with zero attached hydrogens (tertiary/aromatic N) is 9. The molecule has 0 aliphatic rings. The van der Waals surface area contributed by atoms with Crippen LogP contribution in [0.1, 0.15) is 27.8 Å². The zero-order chi connectivity index (χ0) is 54.6. The highest BCUT2D eigenvalue weighted by atomic mass is 19.4. The van der Waals surface area contributed by atoms with Crippen LogP contribution in [0.2, 0.25) is 0 Å². The molecule has 0 spiro atoms. The third kappa shape index (κ3) is 8.40. The van der Waals surface area contributed by atoms with Crippen LogP contribution in [-0.4, -0.2) is 24.1 Å². The van der Waals surface area contributed by atoms with E-state index in [1.807, 2.05) is 168 Å². The largest absolute Gasteiger partial charge is 0.416 e. The van der Waals surface area contributed by atoms with Crippen molar-refractivity contribution in [3.8, 4) is 103 Å². The van der Waals surface area contributed by atoms with Gasteiger partial charge in [0.1, 0.15) is 0 Å². The molecule has 3 aromatic heterocycles. The van der Waals surface area contributed by atoms with Gasteiger partial charge in [-0.05, 0) is 119 Å². The predicted octanol–water partition coefficient (Wildman–Crippen LogP) is 16.6. The van der Waals surface area contributed by atoms with E-state index in [1.54, 1.807) is 30.3 Å². The molecule has 0 aliphatic heterocycles. The molecular formula is C68H36F3N9. The number of hydrogen-bond donors (Lipinski definition) is 0. The Balaban J connectivity index is 1.11. The average molecular weight is 1040 g/mol. The molecule has 0 amide bonds. The molecule has 0 N–H and O–H groups in total. The smallest absolute Gasteiger partial charge is 0.309 e. The summed E-state index contributed by atoms with van der Waals surface area (Å²) in [6, 6.07) is 74.5. The lowest BCUT2D eigenvalue weighted by molar-refractivity contribution is -0.137. The van der Waals surface area contributed by atoms with Crippen LogP contribution >= 0.6 is 0 Å². The van der Waals surface area contributed by atoms with Gasteiger partial charge in [-0.2, -0.15) is 34.2 Å². The molecule has 0 bridgehead atoms. The van der Waals surface area contributed by atoms with Gasteiger partial charge in [-0.1, -0.05) is 121 Å². The topological polar surface area (TPSA) is 144 Å². The van der Waals surface area contributed by atoms with Gasteiger partial charge in [-0.3, -0.25) is 0 Å². The molecule has 3 heterocycles. The molecule has 10 aromatic carbocycles. The highest BCUT2D eigenvalue weighted by molar-refractivity contribution is 6.13. The lowest BCUT2D eigenvalue weighted by atomic mass is 9.96. The van der Waals surface area contributed by atoms with Crippen LogP contribution in [0.3, 0.4) is 0 Å². The summed E-state index contributed by atoms with van der Waals surface area (Å²) < 4.78 is 50.2. The Hall–Kier alpha value is -11.4. The van der Waals surface area contributed by atoms with Gasteiger partial charge in [-0.25, -0.2) is 15.0 Å². The second-order valence-electron chi connectivity index (χ2n) is 19.2. The molecular weight excluding hydrogens is 1000 g/mol. The number of fused-ring (bicyclic) bond motifs is 6. The van der Waals surface area contributed by atoms with Gasteiger partial charge >= 0.3 is 6.18 Å². The first kappa shape index (κ1) is 48.2. The summed E-state index contributed by atoms with van der Waals surface area (Å²) in [4.78, 5) is 15.1. The summed E-state index contributed by atoms with van der Waals surface area (Å²) in [5.41, 5.74) is 10.1. The number of alkyl halides is 3. The maximum atomic E-state index is 15.4. The quantitative estimate of drug-likeness (QED) is 0.147. The van der Waals surface area contributed by atoms with E-state index in [2.05, 4.69) is 28.8 Å². The Morgan fingerprint density at radius 3 is 1.19 bits per heavy atom. The first-order valence-electron chi connectivity index (χ1n) is 25.3. The summed E-state index contributed by atoms with van der Waals surface area (Å²) in [6.07, 6.45) is -4.73. The molecule has 13 rings (SSSR count). The first-order chi connectivity index (χ1) is 39.1. The summed E-state index contributed by atoms with van der Waals surface area (Å²) in [5, 5.41) is 42.8. The molecule has 12 heteroatoms. The Kier molecular flexibility index (Phi) is 11.6. The normalized spacial score (nSPS) is 11.4. The summed E-state index contributed by atoms with van der Waals surface area (Å²) in [6.45, 7) is 0. The third-order valence-corrected chi connectivity index (χ3v) is 14.4. The fourth-order valence-electron chi connectivity index (χ4n) is 10.8. The van der Waals surface area contributed by atoms with Crippen LogP contribution in [-0.2, 0) is 6.18 Å². The van der Waals surface area contributed by atoms with Crippen molar-refractivity contribution in [2.45, 2.75) is 6.18 Å².